The fraction of sp³-hybridized carbons (Fsp3) is 0.333. The smallest absolute Gasteiger partial charge is 0.0942 e. The molecule has 0 aromatic carbocycles. The Labute approximate surface area is 82.3 Å². The van der Waals surface area contributed by atoms with Crippen LogP contribution in [0, 0.1) is 11.3 Å². The first-order valence-corrected chi connectivity index (χ1v) is 5.05. The molecule has 13 heavy (non-hydrogen) atoms. The highest BCUT2D eigenvalue weighted by Gasteiger charge is 2.05. The highest BCUT2D eigenvalue weighted by Crippen LogP contribution is 2.19. The average molecular weight is 195 g/mol. The molecule has 0 bridgehead atoms. The monoisotopic (exact) mass is 195 g/mol. The molecule has 3 N–H and O–H groups in total. The van der Waals surface area contributed by atoms with Gasteiger partial charge >= 0.3 is 0 Å². The van der Waals surface area contributed by atoms with Gasteiger partial charge in [-0.1, -0.05) is 6.92 Å². The van der Waals surface area contributed by atoms with E-state index < -0.39 is 0 Å². The first kappa shape index (κ1) is 10.1. The third kappa shape index (κ3) is 3.46. The van der Waals surface area contributed by atoms with Crippen LogP contribution in [0.4, 0.5) is 0 Å². The van der Waals surface area contributed by atoms with Crippen LogP contribution in [-0.2, 0) is 0 Å². The molecule has 0 aliphatic rings. The standard InChI is InChI=1S/C9H13N3S/c1-7(9(10)11)6-13-8-2-4-12-5-3-8/h2-5,7H,6H2,1H3,(H3,10,11). The van der Waals surface area contributed by atoms with Crippen LogP contribution in [0.25, 0.3) is 0 Å². The summed E-state index contributed by atoms with van der Waals surface area (Å²) in [5.41, 5.74) is 5.36. The van der Waals surface area contributed by atoms with E-state index in [1.807, 2.05) is 19.1 Å². The van der Waals surface area contributed by atoms with Crippen LogP contribution in [0.15, 0.2) is 29.4 Å². The summed E-state index contributed by atoms with van der Waals surface area (Å²) < 4.78 is 0. The zero-order valence-electron chi connectivity index (χ0n) is 7.53. The lowest BCUT2D eigenvalue weighted by molar-refractivity contribution is 0.879. The van der Waals surface area contributed by atoms with Gasteiger partial charge < -0.3 is 5.73 Å². The zero-order valence-corrected chi connectivity index (χ0v) is 8.34. The number of hydrogen-bond acceptors (Lipinski definition) is 3. The molecule has 0 saturated heterocycles. The van der Waals surface area contributed by atoms with Crippen molar-refractivity contribution >= 4 is 17.6 Å². The molecule has 0 aliphatic heterocycles. The summed E-state index contributed by atoms with van der Waals surface area (Å²) in [5, 5.41) is 7.22. The maximum absolute atomic E-state index is 7.22. The Hall–Kier alpha value is -1.03. The van der Waals surface area contributed by atoms with Crippen molar-refractivity contribution in [3.8, 4) is 0 Å². The maximum atomic E-state index is 7.22. The Morgan fingerprint density at radius 1 is 1.62 bits per heavy atom. The minimum absolute atomic E-state index is 0.137. The van der Waals surface area contributed by atoms with Crippen molar-refractivity contribution in [1.29, 1.82) is 5.41 Å². The van der Waals surface area contributed by atoms with E-state index in [0.29, 0.717) is 0 Å². The number of amidine groups is 1. The van der Waals surface area contributed by atoms with Crippen molar-refractivity contribution in [2.24, 2.45) is 11.7 Å². The molecule has 0 amide bonds. The normalized spacial score (nSPS) is 12.4. The van der Waals surface area contributed by atoms with E-state index in [9.17, 15) is 0 Å². The quantitative estimate of drug-likeness (QED) is 0.437. The van der Waals surface area contributed by atoms with Gasteiger partial charge in [-0.25, -0.2) is 0 Å². The molecule has 0 radical (unpaired) electrons. The van der Waals surface area contributed by atoms with E-state index in [1.54, 1.807) is 24.2 Å². The van der Waals surface area contributed by atoms with E-state index in [4.69, 9.17) is 11.1 Å². The lowest BCUT2D eigenvalue weighted by atomic mass is 10.2. The maximum Gasteiger partial charge on any atom is 0.0942 e. The third-order valence-electron chi connectivity index (χ3n) is 1.68. The molecule has 1 aromatic heterocycles. The fourth-order valence-corrected chi connectivity index (χ4v) is 1.68. The lowest BCUT2D eigenvalue weighted by Crippen LogP contribution is -2.21. The Balaban J connectivity index is 2.39. The predicted octanol–water partition coefficient (Wildman–Crippen LogP) is 1.75. The summed E-state index contributed by atoms with van der Waals surface area (Å²) in [6.07, 6.45) is 3.53. The topological polar surface area (TPSA) is 62.8 Å². The molecular weight excluding hydrogens is 182 g/mol. The van der Waals surface area contributed by atoms with Crippen LogP contribution in [0.3, 0.4) is 0 Å². The predicted molar refractivity (Wildman–Crippen MR) is 56.0 cm³/mol. The molecular formula is C9H13N3S. The Morgan fingerprint density at radius 3 is 2.77 bits per heavy atom. The number of nitrogens with one attached hydrogen (secondary N) is 1. The highest BCUT2D eigenvalue weighted by molar-refractivity contribution is 7.99. The summed E-state index contributed by atoms with van der Waals surface area (Å²) in [5.74, 6) is 1.24. The molecule has 0 aliphatic carbocycles. The van der Waals surface area contributed by atoms with Gasteiger partial charge in [0.25, 0.3) is 0 Å². The summed E-state index contributed by atoms with van der Waals surface area (Å²) >= 11 is 1.70. The Morgan fingerprint density at radius 2 is 2.23 bits per heavy atom. The summed E-state index contributed by atoms with van der Waals surface area (Å²) in [4.78, 5) is 5.10. The van der Waals surface area contributed by atoms with Crippen LogP contribution in [0.5, 0.6) is 0 Å². The average Bonchev–Trinajstić information content (AvgIpc) is 2.15. The Kier molecular flexibility index (Phi) is 3.76. The van der Waals surface area contributed by atoms with Crippen molar-refractivity contribution < 1.29 is 0 Å². The zero-order chi connectivity index (χ0) is 9.68. The molecule has 0 fully saturated rings. The van der Waals surface area contributed by atoms with Crippen molar-refractivity contribution in [3.63, 3.8) is 0 Å². The molecule has 1 atom stereocenters. The second kappa shape index (κ2) is 4.87. The van der Waals surface area contributed by atoms with Crippen LogP contribution in [0.1, 0.15) is 6.92 Å². The van der Waals surface area contributed by atoms with E-state index in [0.717, 1.165) is 5.75 Å². The van der Waals surface area contributed by atoms with E-state index >= 15 is 0 Å². The number of thioether (sulfide) groups is 1. The van der Waals surface area contributed by atoms with Gasteiger partial charge in [0.05, 0.1) is 5.84 Å². The van der Waals surface area contributed by atoms with Gasteiger partial charge in [0.1, 0.15) is 0 Å². The van der Waals surface area contributed by atoms with Gasteiger partial charge in [-0.3, -0.25) is 10.4 Å². The van der Waals surface area contributed by atoms with Gasteiger partial charge in [-0.2, -0.15) is 0 Å². The second-order valence-electron chi connectivity index (χ2n) is 2.85. The fourth-order valence-electron chi connectivity index (χ4n) is 0.745. The van der Waals surface area contributed by atoms with Crippen LogP contribution in [0.2, 0.25) is 0 Å². The minimum atomic E-state index is 0.137. The van der Waals surface area contributed by atoms with Crippen molar-refractivity contribution in [1.82, 2.24) is 4.98 Å². The van der Waals surface area contributed by atoms with Gasteiger partial charge in [-0.15, -0.1) is 11.8 Å². The summed E-state index contributed by atoms with van der Waals surface area (Å²) in [7, 11) is 0. The van der Waals surface area contributed by atoms with E-state index in [2.05, 4.69) is 4.98 Å². The second-order valence-corrected chi connectivity index (χ2v) is 3.94. The molecule has 1 aromatic rings. The van der Waals surface area contributed by atoms with Gasteiger partial charge in [0.15, 0.2) is 0 Å². The molecule has 1 unspecified atom stereocenters. The van der Waals surface area contributed by atoms with Crippen molar-refractivity contribution in [2.45, 2.75) is 11.8 Å². The largest absolute Gasteiger partial charge is 0.387 e. The number of hydrogen-bond donors (Lipinski definition) is 2. The molecule has 70 valence electrons. The number of pyridine rings is 1. The molecule has 3 nitrogen and oxygen atoms in total. The van der Waals surface area contributed by atoms with Gasteiger partial charge in [0.2, 0.25) is 0 Å². The molecule has 0 spiro atoms. The summed E-state index contributed by atoms with van der Waals surface area (Å²) in [6, 6.07) is 3.91. The van der Waals surface area contributed by atoms with Crippen molar-refractivity contribution in [3.05, 3.63) is 24.5 Å². The first-order valence-electron chi connectivity index (χ1n) is 4.07. The highest BCUT2D eigenvalue weighted by atomic mass is 32.2. The summed E-state index contributed by atoms with van der Waals surface area (Å²) in [6.45, 7) is 1.95. The number of rotatable bonds is 4. The molecule has 1 heterocycles. The van der Waals surface area contributed by atoms with Crippen LogP contribution in [-0.4, -0.2) is 16.6 Å². The number of nitrogens with zero attached hydrogens (tertiary/aromatic N) is 1. The molecule has 4 heteroatoms. The first-order chi connectivity index (χ1) is 6.20. The third-order valence-corrected chi connectivity index (χ3v) is 2.95. The van der Waals surface area contributed by atoms with Gasteiger partial charge in [0, 0.05) is 29.0 Å². The van der Waals surface area contributed by atoms with Crippen molar-refractivity contribution in [2.75, 3.05) is 5.75 Å². The minimum Gasteiger partial charge on any atom is -0.387 e. The molecule has 1 rings (SSSR count). The number of nitrogens with two attached hydrogens (primary N) is 1. The lowest BCUT2D eigenvalue weighted by Gasteiger charge is -2.07. The SMILES string of the molecule is CC(CSc1ccncc1)C(=N)N. The van der Waals surface area contributed by atoms with Gasteiger partial charge in [-0.05, 0) is 12.1 Å². The van der Waals surface area contributed by atoms with E-state index in [-0.39, 0.29) is 11.8 Å². The Bertz CT molecular complexity index is 273. The molecule has 0 saturated carbocycles. The number of aromatic nitrogens is 1. The van der Waals surface area contributed by atoms with Crippen LogP contribution < -0.4 is 5.73 Å². The van der Waals surface area contributed by atoms with E-state index in [1.165, 1.54) is 4.90 Å². The van der Waals surface area contributed by atoms with Crippen LogP contribution >= 0.6 is 11.8 Å².